The van der Waals surface area contributed by atoms with Crippen LogP contribution in [0.3, 0.4) is 0 Å². The van der Waals surface area contributed by atoms with Crippen molar-refractivity contribution in [1.82, 2.24) is 4.98 Å². The van der Waals surface area contributed by atoms with E-state index in [1.165, 1.54) is 17.0 Å². The maximum absolute atomic E-state index is 12.1. The number of carbonyl (C=O) groups is 1. The molecule has 0 saturated carbocycles. The summed E-state index contributed by atoms with van der Waals surface area (Å²) >= 11 is 0. The second-order valence-electron chi connectivity index (χ2n) is 4.83. The summed E-state index contributed by atoms with van der Waals surface area (Å²) in [6.07, 6.45) is 0. The van der Waals surface area contributed by atoms with Gasteiger partial charge < -0.3 is 14.9 Å². The molecule has 0 saturated heterocycles. The SMILES string of the molecule is N#Cc1ccc(CN2C(=O)COc3ccc([N+](=O)[O-])nc32)cc1. The summed E-state index contributed by atoms with van der Waals surface area (Å²) in [6.45, 7) is 0.0395. The van der Waals surface area contributed by atoms with Crippen LogP contribution in [-0.2, 0) is 11.3 Å². The highest BCUT2D eigenvalue weighted by Gasteiger charge is 2.32. The third kappa shape index (κ3) is 2.80. The molecule has 0 fully saturated rings. The Morgan fingerprint density at radius 2 is 2.04 bits per heavy atom. The van der Waals surface area contributed by atoms with E-state index in [0.717, 1.165) is 5.56 Å². The number of nitriles is 1. The van der Waals surface area contributed by atoms with E-state index in [1.54, 1.807) is 24.3 Å². The molecule has 2 heterocycles. The maximum Gasteiger partial charge on any atom is 0.366 e. The first-order valence-corrected chi connectivity index (χ1v) is 6.66. The van der Waals surface area contributed by atoms with Gasteiger partial charge in [-0.05, 0) is 33.7 Å². The number of nitro groups is 1. The van der Waals surface area contributed by atoms with Crippen LogP contribution >= 0.6 is 0 Å². The molecule has 2 aromatic rings. The Morgan fingerprint density at radius 1 is 1.30 bits per heavy atom. The Labute approximate surface area is 130 Å². The summed E-state index contributed by atoms with van der Waals surface area (Å²) in [5.41, 5.74) is 1.29. The second kappa shape index (κ2) is 5.73. The lowest BCUT2D eigenvalue weighted by atomic mass is 10.1. The Balaban J connectivity index is 1.95. The average molecular weight is 310 g/mol. The summed E-state index contributed by atoms with van der Waals surface area (Å²) < 4.78 is 5.26. The molecule has 0 N–H and O–H groups in total. The van der Waals surface area contributed by atoms with Gasteiger partial charge in [0, 0.05) is 6.07 Å². The van der Waals surface area contributed by atoms with E-state index in [9.17, 15) is 14.9 Å². The number of hydrogen-bond donors (Lipinski definition) is 0. The Bertz CT molecular complexity index is 826. The van der Waals surface area contributed by atoms with E-state index in [-0.39, 0.29) is 30.7 Å². The smallest absolute Gasteiger partial charge is 0.366 e. The predicted molar refractivity (Wildman–Crippen MR) is 78.7 cm³/mol. The lowest BCUT2D eigenvalue weighted by Gasteiger charge is -2.25. The number of carbonyl (C=O) groups excluding carboxylic acids is 1. The number of fused-ring (bicyclic) bond motifs is 1. The van der Waals surface area contributed by atoms with Gasteiger partial charge in [-0.1, -0.05) is 12.1 Å². The summed E-state index contributed by atoms with van der Waals surface area (Å²) in [5.74, 6) is -0.245. The van der Waals surface area contributed by atoms with Crippen LogP contribution in [0, 0.1) is 21.4 Å². The van der Waals surface area contributed by atoms with Crippen molar-refractivity contribution in [2.24, 2.45) is 0 Å². The lowest BCUT2D eigenvalue weighted by Crippen LogP contribution is -2.39. The fourth-order valence-corrected chi connectivity index (χ4v) is 2.20. The number of pyridine rings is 1. The number of ether oxygens (including phenoxy) is 1. The molecule has 0 bridgehead atoms. The molecule has 3 rings (SSSR count). The van der Waals surface area contributed by atoms with Crippen molar-refractivity contribution in [1.29, 1.82) is 5.26 Å². The van der Waals surface area contributed by atoms with Crippen molar-refractivity contribution in [3.05, 3.63) is 57.6 Å². The van der Waals surface area contributed by atoms with Gasteiger partial charge in [0.25, 0.3) is 11.7 Å². The highest BCUT2D eigenvalue weighted by molar-refractivity contribution is 5.96. The van der Waals surface area contributed by atoms with Gasteiger partial charge in [-0.25, -0.2) is 0 Å². The van der Waals surface area contributed by atoms with Gasteiger partial charge in [-0.2, -0.15) is 5.26 Å². The highest BCUT2D eigenvalue weighted by Crippen LogP contribution is 2.32. The largest absolute Gasteiger partial charge is 0.477 e. The third-order valence-corrected chi connectivity index (χ3v) is 3.34. The second-order valence-corrected chi connectivity index (χ2v) is 4.83. The fourth-order valence-electron chi connectivity index (χ4n) is 2.20. The van der Waals surface area contributed by atoms with Crippen LogP contribution in [-0.4, -0.2) is 22.4 Å². The van der Waals surface area contributed by atoms with E-state index < -0.39 is 4.92 Å². The van der Waals surface area contributed by atoms with Crippen LogP contribution in [0.1, 0.15) is 11.1 Å². The van der Waals surface area contributed by atoms with Crippen LogP contribution in [0.15, 0.2) is 36.4 Å². The summed E-state index contributed by atoms with van der Waals surface area (Å²) in [7, 11) is 0. The molecular formula is C15H10N4O4. The van der Waals surface area contributed by atoms with E-state index in [2.05, 4.69) is 4.98 Å². The minimum Gasteiger partial charge on any atom is -0.477 e. The highest BCUT2D eigenvalue weighted by atomic mass is 16.6. The normalized spacial score (nSPS) is 13.0. The molecule has 0 unspecified atom stereocenters. The van der Waals surface area contributed by atoms with E-state index >= 15 is 0 Å². The van der Waals surface area contributed by atoms with Crippen LogP contribution in [0.5, 0.6) is 5.75 Å². The molecule has 1 aliphatic rings. The zero-order valence-corrected chi connectivity index (χ0v) is 11.8. The van der Waals surface area contributed by atoms with Gasteiger partial charge in [-0.3, -0.25) is 9.69 Å². The van der Waals surface area contributed by atoms with Crippen LogP contribution in [0.2, 0.25) is 0 Å². The summed E-state index contributed by atoms with van der Waals surface area (Å²) in [4.78, 5) is 27.6. The van der Waals surface area contributed by atoms with Crippen molar-refractivity contribution in [3.8, 4) is 11.8 Å². The van der Waals surface area contributed by atoms with Crippen LogP contribution in [0.25, 0.3) is 0 Å². The molecule has 1 amide bonds. The first-order valence-electron chi connectivity index (χ1n) is 6.66. The van der Waals surface area contributed by atoms with Crippen molar-refractivity contribution >= 4 is 17.5 Å². The number of benzene rings is 1. The Morgan fingerprint density at radius 3 is 2.70 bits per heavy atom. The van der Waals surface area contributed by atoms with Gasteiger partial charge >= 0.3 is 5.82 Å². The van der Waals surface area contributed by atoms with Crippen molar-refractivity contribution < 1.29 is 14.5 Å². The van der Waals surface area contributed by atoms with E-state index in [0.29, 0.717) is 11.3 Å². The minimum absolute atomic E-state index is 0.125. The van der Waals surface area contributed by atoms with Crippen molar-refractivity contribution in [2.75, 3.05) is 11.5 Å². The fraction of sp³-hybridized carbons (Fsp3) is 0.133. The molecule has 0 aliphatic carbocycles. The Kier molecular flexibility index (Phi) is 3.60. The molecule has 0 radical (unpaired) electrons. The zero-order valence-electron chi connectivity index (χ0n) is 11.8. The molecule has 1 aliphatic heterocycles. The minimum atomic E-state index is -0.626. The van der Waals surface area contributed by atoms with Gasteiger partial charge in [0.15, 0.2) is 12.4 Å². The Hall–Kier alpha value is -3.47. The zero-order chi connectivity index (χ0) is 16.4. The van der Waals surface area contributed by atoms with Gasteiger partial charge in [0.05, 0.1) is 18.2 Å². The quantitative estimate of drug-likeness (QED) is 0.631. The molecule has 114 valence electrons. The van der Waals surface area contributed by atoms with E-state index in [1.807, 2.05) is 6.07 Å². The molecule has 0 spiro atoms. The van der Waals surface area contributed by atoms with Crippen LogP contribution < -0.4 is 9.64 Å². The van der Waals surface area contributed by atoms with E-state index in [4.69, 9.17) is 10.00 Å². The first kappa shape index (κ1) is 14.5. The number of anilines is 1. The lowest BCUT2D eigenvalue weighted by molar-refractivity contribution is -0.389. The van der Waals surface area contributed by atoms with Crippen LogP contribution in [0.4, 0.5) is 11.6 Å². The molecule has 8 heteroatoms. The monoisotopic (exact) mass is 310 g/mol. The van der Waals surface area contributed by atoms with Crippen molar-refractivity contribution in [3.63, 3.8) is 0 Å². The van der Waals surface area contributed by atoms with Gasteiger partial charge in [0.2, 0.25) is 0 Å². The number of amides is 1. The molecule has 1 aromatic carbocycles. The number of nitrogens with zero attached hydrogens (tertiary/aromatic N) is 4. The first-order chi connectivity index (χ1) is 11.1. The molecular weight excluding hydrogens is 300 g/mol. The maximum atomic E-state index is 12.1. The average Bonchev–Trinajstić information content (AvgIpc) is 2.57. The summed E-state index contributed by atoms with van der Waals surface area (Å²) in [5, 5.41) is 19.7. The third-order valence-electron chi connectivity index (χ3n) is 3.34. The molecule has 23 heavy (non-hydrogen) atoms. The summed E-state index contributed by atoms with van der Waals surface area (Å²) in [6, 6.07) is 11.4. The topological polar surface area (TPSA) is 109 Å². The standard InChI is InChI=1S/C15H10N4O4/c16-7-10-1-3-11(4-2-10)8-18-14(20)9-23-12-5-6-13(19(21)22)17-15(12)18/h1-6H,8-9H2. The number of aromatic nitrogens is 1. The van der Waals surface area contributed by atoms with Gasteiger partial charge in [-0.15, -0.1) is 0 Å². The number of rotatable bonds is 3. The molecule has 8 nitrogen and oxygen atoms in total. The predicted octanol–water partition coefficient (Wildman–Crippen LogP) is 1.79. The van der Waals surface area contributed by atoms with Gasteiger partial charge in [0.1, 0.15) is 0 Å². The number of hydrogen-bond acceptors (Lipinski definition) is 6. The molecule has 0 atom stereocenters. The van der Waals surface area contributed by atoms with Crippen molar-refractivity contribution in [2.45, 2.75) is 6.54 Å². The molecule has 1 aromatic heterocycles.